The first-order chi connectivity index (χ1) is 10.3. The topological polar surface area (TPSA) is 57.7 Å². The van der Waals surface area contributed by atoms with Crippen LogP contribution in [0.25, 0.3) is 0 Å². The molecule has 1 aromatic heterocycles. The van der Waals surface area contributed by atoms with Crippen molar-refractivity contribution in [3.63, 3.8) is 0 Å². The Bertz CT molecular complexity index is 684. The van der Waals surface area contributed by atoms with Crippen molar-refractivity contribution in [2.24, 2.45) is 0 Å². The molecule has 21 heavy (non-hydrogen) atoms. The van der Waals surface area contributed by atoms with Crippen molar-refractivity contribution in [2.45, 2.75) is 13.1 Å². The van der Waals surface area contributed by atoms with Crippen LogP contribution in [0, 0.1) is 5.82 Å². The van der Waals surface area contributed by atoms with E-state index >= 15 is 0 Å². The van der Waals surface area contributed by atoms with Crippen molar-refractivity contribution >= 4 is 5.69 Å². The summed E-state index contributed by atoms with van der Waals surface area (Å²) in [6, 6.07) is 16.5. The number of hydrogen-bond acceptors (Lipinski definition) is 4. The summed E-state index contributed by atoms with van der Waals surface area (Å²) in [6.07, 6.45) is 0. The van der Waals surface area contributed by atoms with Gasteiger partial charge in [-0.05, 0) is 18.2 Å². The average molecular weight is 283 g/mol. The fraction of sp³-hybridized carbons (Fsp3) is 0.133. The number of hydrogen-bond donors (Lipinski definition) is 1. The lowest BCUT2D eigenvalue weighted by Gasteiger charge is -2.23. The Morgan fingerprint density at radius 3 is 2.43 bits per heavy atom. The molecule has 0 aliphatic heterocycles. The van der Waals surface area contributed by atoms with Crippen LogP contribution in [0.1, 0.15) is 11.4 Å². The van der Waals surface area contributed by atoms with Crippen LogP contribution in [0.2, 0.25) is 0 Å². The molecule has 106 valence electrons. The van der Waals surface area contributed by atoms with Gasteiger partial charge in [0.05, 0.1) is 6.54 Å². The van der Waals surface area contributed by atoms with Crippen molar-refractivity contribution in [3.8, 4) is 0 Å². The Balaban J connectivity index is 1.87. The smallest absolute Gasteiger partial charge is 0.193 e. The van der Waals surface area contributed by atoms with Gasteiger partial charge in [0, 0.05) is 17.8 Å². The van der Waals surface area contributed by atoms with Gasteiger partial charge in [0.25, 0.3) is 0 Å². The highest BCUT2D eigenvalue weighted by Crippen LogP contribution is 2.19. The first kappa shape index (κ1) is 13.2. The summed E-state index contributed by atoms with van der Waals surface area (Å²) in [5.74, 6) is 0.349. The minimum absolute atomic E-state index is 0.216. The first-order valence-electron chi connectivity index (χ1n) is 6.58. The lowest BCUT2D eigenvalue weighted by molar-refractivity contribution is 0.602. The van der Waals surface area contributed by atoms with E-state index in [2.05, 4.69) is 20.6 Å². The molecule has 3 aromatic rings. The number of anilines is 1. The van der Waals surface area contributed by atoms with Crippen LogP contribution in [-0.4, -0.2) is 20.6 Å². The number of aromatic nitrogens is 4. The van der Waals surface area contributed by atoms with Gasteiger partial charge in [0.2, 0.25) is 0 Å². The largest absolute Gasteiger partial charge is 0.359 e. The number of H-pyrrole nitrogens is 1. The van der Waals surface area contributed by atoms with Crippen molar-refractivity contribution in [3.05, 3.63) is 71.8 Å². The predicted molar refractivity (Wildman–Crippen MR) is 76.9 cm³/mol. The molecule has 0 aliphatic carbocycles. The lowest BCUT2D eigenvalue weighted by Crippen LogP contribution is -2.23. The molecule has 1 heterocycles. The number of benzene rings is 2. The van der Waals surface area contributed by atoms with Gasteiger partial charge in [-0.1, -0.05) is 41.6 Å². The number of halogens is 1. The molecule has 0 fully saturated rings. The molecule has 0 unspecified atom stereocenters. The van der Waals surface area contributed by atoms with Crippen LogP contribution in [-0.2, 0) is 13.1 Å². The highest BCUT2D eigenvalue weighted by atomic mass is 19.1. The molecule has 2 aromatic carbocycles. The Morgan fingerprint density at radius 1 is 0.952 bits per heavy atom. The zero-order valence-electron chi connectivity index (χ0n) is 11.3. The molecule has 0 amide bonds. The second-order valence-corrected chi connectivity index (χ2v) is 4.61. The fourth-order valence-electron chi connectivity index (χ4n) is 2.13. The monoisotopic (exact) mass is 283 g/mol. The van der Waals surface area contributed by atoms with Gasteiger partial charge in [-0.25, -0.2) is 4.39 Å². The summed E-state index contributed by atoms with van der Waals surface area (Å²) in [6.45, 7) is 0.889. The van der Waals surface area contributed by atoms with Gasteiger partial charge in [0.1, 0.15) is 5.82 Å². The molecule has 0 spiro atoms. The number of nitrogens with one attached hydrogen (secondary N) is 1. The molecule has 0 bridgehead atoms. The standard InChI is InChI=1S/C15H14FN5/c16-14-9-5-4-6-12(14)10-21(11-15-17-19-20-18-15)13-7-2-1-3-8-13/h1-9H,10-11H2,(H,17,18,19,20). The van der Waals surface area contributed by atoms with Gasteiger partial charge in [0.15, 0.2) is 5.82 Å². The van der Waals surface area contributed by atoms with E-state index in [0.717, 1.165) is 5.69 Å². The van der Waals surface area contributed by atoms with Crippen LogP contribution in [0.5, 0.6) is 0 Å². The fourth-order valence-corrected chi connectivity index (χ4v) is 2.13. The van der Waals surface area contributed by atoms with E-state index in [0.29, 0.717) is 24.5 Å². The van der Waals surface area contributed by atoms with Gasteiger partial charge >= 0.3 is 0 Å². The number of rotatable bonds is 5. The molecule has 1 N–H and O–H groups in total. The van der Waals surface area contributed by atoms with Crippen LogP contribution in [0.4, 0.5) is 10.1 Å². The Labute approximate surface area is 121 Å². The molecule has 3 rings (SSSR count). The number of aromatic amines is 1. The van der Waals surface area contributed by atoms with E-state index in [4.69, 9.17) is 0 Å². The Kier molecular flexibility index (Phi) is 3.86. The van der Waals surface area contributed by atoms with Crippen LogP contribution < -0.4 is 4.90 Å². The molecule has 0 saturated carbocycles. The number of para-hydroxylation sites is 1. The van der Waals surface area contributed by atoms with Gasteiger partial charge in [-0.15, -0.1) is 10.2 Å². The predicted octanol–water partition coefficient (Wildman–Crippen LogP) is 2.55. The lowest BCUT2D eigenvalue weighted by atomic mass is 10.2. The van der Waals surface area contributed by atoms with Crippen LogP contribution >= 0.6 is 0 Å². The molecule has 6 heteroatoms. The molecule has 0 saturated heterocycles. The molecule has 0 atom stereocenters. The van der Waals surface area contributed by atoms with E-state index in [-0.39, 0.29) is 5.82 Å². The van der Waals surface area contributed by atoms with E-state index < -0.39 is 0 Å². The van der Waals surface area contributed by atoms with Crippen LogP contribution in [0.3, 0.4) is 0 Å². The highest BCUT2D eigenvalue weighted by molar-refractivity contribution is 5.46. The van der Waals surface area contributed by atoms with Crippen molar-refractivity contribution < 1.29 is 4.39 Å². The minimum atomic E-state index is -0.216. The third-order valence-electron chi connectivity index (χ3n) is 3.16. The van der Waals surface area contributed by atoms with Crippen LogP contribution in [0.15, 0.2) is 54.6 Å². The normalized spacial score (nSPS) is 10.5. The highest BCUT2D eigenvalue weighted by Gasteiger charge is 2.12. The van der Waals surface area contributed by atoms with Crippen molar-refractivity contribution in [1.29, 1.82) is 0 Å². The summed E-state index contributed by atoms with van der Waals surface area (Å²) in [5.41, 5.74) is 1.61. The van der Waals surface area contributed by atoms with Gasteiger partial charge in [-0.2, -0.15) is 5.21 Å². The molecule has 0 radical (unpaired) electrons. The average Bonchev–Trinajstić information content (AvgIpc) is 3.03. The zero-order valence-corrected chi connectivity index (χ0v) is 11.3. The number of nitrogens with zero attached hydrogens (tertiary/aromatic N) is 4. The second kappa shape index (κ2) is 6.13. The molecular formula is C15H14FN5. The van der Waals surface area contributed by atoms with E-state index in [1.165, 1.54) is 6.07 Å². The summed E-state index contributed by atoms with van der Waals surface area (Å²) in [7, 11) is 0. The molecule has 0 aliphatic rings. The summed E-state index contributed by atoms with van der Waals surface area (Å²) >= 11 is 0. The third kappa shape index (κ3) is 3.22. The van der Waals surface area contributed by atoms with Crippen molar-refractivity contribution in [1.82, 2.24) is 20.6 Å². The van der Waals surface area contributed by atoms with E-state index in [1.807, 2.05) is 41.3 Å². The van der Waals surface area contributed by atoms with Gasteiger partial charge in [-0.3, -0.25) is 0 Å². The van der Waals surface area contributed by atoms with E-state index in [1.54, 1.807) is 12.1 Å². The second-order valence-electron chi connectivity index (χ2n) is 4.61. The van der Waals surface area contributed by atoms with Gasteiger partial charge < -0.3 is 4.90 Å². The third-order valence-corrected chi connectivity index (χ3v) is 3.16. The minimum Gasteiger partial charge on any atom is -0.359 e. The molecule has 5 nitrogen and oxygen atoms in total. The quantitative estimate of drug-likeness (QED) is 0.781. The molecular weight excluding hydrogens is 269 g/mol. The maximum absolute atomic E-state index is 13.9. The maximum Gasteiger partial charge on any atom is 0.193 e. The summed E-state index contributed by atoms with van der Waals surface area (Å²) in [5, 5.41) is 13.9. The van der Waals surface area contributed by atoms with E-state index in [9.17, 15) is 4.39 Å². The summed E-state index contributed by atoms with van der Waals surface area (Å²) < 4.78 is 13.9. The zero-order chi connectivity index (χ0) is 14.5. The Hall–Kier alpha value is -2.76. The summed E-state index contributed by atoms with van der Waals surface area (Å²) in [4.78, 5) is 2.00. The Morgan fingerprint density at radius 2 is 1.71 bits per heavy atom. The maximum atomic E-state index is 13.9. The first-order valence-corrected chi connectivity index (χ1v) is 6.58. The number of tetrazole rings is 1. The SMILES string of the molecule is Fc1ccccc1CN(Cc1nn[nH]n1)c1ccccc1. The van der Waals surface area contributed by atoms with Crippen molar-refractivity contribution in [2.75, 3.05) is 4.90 Å².